The molecule has 2 bridgehead atoms. The van der Waals surface area contributed by atoms with E-state index in [0.717, 1.165) is 22.2 Å². The number of aliphatic hydroxyl groups is 1. The van der Waals surface area contributed by atoms with Gasteiger partial charge in [0.15, 0.2) is 5.82 Å². The number of hydrogen-bond acceptors (Lipinski definition) is 6. The van der Waals surface area contributed by atoms with E-state index in [1.54, 1.807) is 32.2 Å². The molecule has 0 saturated carbocycles. The van der Waals surface area contributed by atoms with Crippen molar-refractivity contribution >= 4 is 16.9 Å². The van der Waals surface area contributed by atoms with Gasteiger partial charge in [-0.2, -0.15) is 8.78 Å². The molecule has 2 aliphatic rings. The van der Waals surface area contributed by atoms with E-state index < -0.39 is 18.3 Å². The van der Waals surface area contributed by atoms with Crippen LogP contribution in [-0.2, 0) is 5.60 Å². The molecule has 2 aliphatic heterocycles. The first kappa shape index (κ1) is 22.5. The number of imidazole rings is 1. The number of carbonyl (C=O) groups is 1. The summed E-state index contributed by atoms with van der Waals surface area (Å²) >= 11 is 0. The fraction of sp³-hybridized carbons (Fsp3) is 0.308. The lowest BCUT2D eigenvalue weighted by atomic mass is 9.97. The minimum Gasteiger partial charge on any atom is -0.434 e. The second-order valence-corrected chi connectivity index (χ2v) is 9.67. The van der Waals surface area contributed by atoms with Gasteiger partial charge in [-0.05, 0) is 57.0 Å². The molecular weight excluding hydrogens is 468 g/mol. The Labute approximate surface area is 205 Å². The zero-order valence-electron chi connectivity index (χ0n) is 19.8. The SMILES string of the molecule is Cc1nc(C(C)(C)O)ncc1-c1ccc2nc3n(c2c1)C1C[C@H]3NC(=O)c2cccc(OC(F)F)c21. The molecule has 8 nitrogen and oxygen atoms in total. The quantitative estimate of drug-likeness (QED) is 0.439. The van der Waals surface area contributed by atoms with E-state index in [0.29, 0.717) is 34.9 Å². The van der Waals surface area contributed by atoms with Crippen LogP contribution in [0.3, 0.4) is 0 Å². The van der Waals surface area contributed by atoms with E-state index >= 15 is 0 Å². The first-order chi connectivity index (χ1) is 17.1. The van der Waals surface area contributed by atoms with E-state index in [-0.39, 0.29) is 17.7 Å². The monoisotopic (exact) mass is 491 g/mol. The summed E-state index contributed by atoms with van der Waals surface area (Å²) < 4.78 is 33.3. The normalized spacial score (nSPS) is 18.7. The Morgan fingerprint density at radius 1 is 1.19 bits per heavy atom. The van der Waals surface area contributed by atoms with Gasteiger partial charge in [0.25, 0.3) is 5.91 Å². The Morgan fingerprint density at radius 2 is 2.00 bits per heavy atom. The number of fused-ring (bicyclic) bond motifs is 9. The van der Waals surface area contributed by atoms with E-state index in [4.69, 9.17) is 9.72 Å². The van der Waals surface area contributed by atoms with Crippen LogP contribution in [-0.4, -0.2) is 37.1 Å². The predicted molar refractivity (Wildman–Crippen MR) is 127 cm³/mol. The number of carbonyl (C=O) groups excluding carboxylic acids is 1. The van der Waals surface area contributed by atoms with Gasteiger partial charge in [0, 0.05) is 28.6 Å². The lowest BCUT2D eigenvalue weighted by Crippen LogP contribution is -2.28. The fourth-order valence-electron chi connectivity index (χ4n) is 5.22. The number of ether oxygens (including phenoxy) is 1. The smallest absolute Gasteiger partial charge is 0.387 e. The molecule has 1 amide bonds. The summed E-state index contributed by atoms with van der Waals surface area (Å²) in [6.07, 6.45) is 2.17. The minimum absolute atomic E-state index is 0.0133. The van der Waals surface area contributed by atoms with Gasteiger partial charge in [0.1, 0.15) is 17.2 Å². The summed E-state index contributed by atoms with van der Waals surface area (Å²) in [4.78, 5) is 26.5. The van der Waals surface area contributed by atoms with E-state index in [2.05, 4.69) is 15.3 Å². The maximum atomic E-state index is 13.2. The number of benzene rings is 2. The average molecular weight is 491 g/mol. The highest BCUT2D eigenvalue weighted by Gasteiger charge is 2.42. The highest BCUT2D eigenvalue weighted by atomic mass is 19.3. The third-order valence-electron chi connectivity index (χ3n) is 6.80. The Kier molecular flexibility index (Phi) is 4.88. The molecule has 36 heavy (non-hydrogen) atoms. The zero-order chi connectivity index (χ0) is 25.4. The van der Waals surface area contributed by atoms with Gasteiger partial charge in [-0.15, -0.1) is 0 Å². The molecule has 0 spiro atoms. The van der Waals surface area contributed by atoms with E-state index in [1.165, 1.54) is 6.07 Å². The number of rotatable bonds is 4. The highest BCUT2D eigenvalue weighted by molar-refractivity contribution is 5.98. The van der Waals surface area contributed by atoms with Crippen molar-refractivity contribution in [1.29, 1.82) is 0 Å². The summed E-state index contributed by atoms with van der Waals surface area (Å²) in [7, 11) is 0. The molecule has 184 valence electrons. The molecule has 0 radical (unpaired) electrons. The van der Waals surface area contributed by atoms with Crippen molar-refractivity contribution in [1.82, 2.24) is 24.8 Å². The van der Waals surface area contributed by atoms with Crippen molar-refractivity contribution in [2.75, 3.05) is 0 Å². The molecule has 2 atom stereocenters. The Balaban J connectivity index is 1.52. The third-order valence-corrected chi connectivity index (χ3v) is 6.80. The first-order valence-electron chi connectivity index (χ1n) is 11.6. The van der Waals surface area contributed by atoms with Crippen LogP contribution in [0.25, 0.3) is 22.2 Å². The Morgan fingerprint density at radius 3 is 2.72 bits per heavy atom. The van der Waals surface area contributed by atoms with Crippen molar-refractivity contribution in [2.24, 2.45) is 0 Å². The largest absolute Gasteiger partial charge is 0.434 e. The number of nitrogens with one attached hydrogen (secondary N) is 1. The molecule has 0 aliphatic carbocycles. The van der Waals surface area contributed by atoms with Crippen molar-refractivity contribution in [2.45, 2.75) is 51.5 Å². The lowest BCUT2D eigenvalue weighted by Gasteiger charge is -2.21. The van der Waals surface area contributed by atoms with Crippen molar-refractivity contribution < 1.29 is 23.4 Å². The first-order valence-corrected chi connectivity index (χ1v) is 11.6. The number of aryl methyl sites for hydroxylation is 1. The summed E-state index contributed by atoms with van der Waals surface area (Å²) in [6.45, 7) is 2.10. The van der Waals surface area contributed by atoms with Gasteiger partial charge in [0.05, 0.1) is 23.1 Å². The van der Waals surface area contributed by atoms with Crippen LogP contribution in [0.1, 0.15) is 65.6 Å². The molecule has 10 heteroatoms. The molecule has 2 N–H and O–H groups in total. The van der Waals surface area contributed by atoms with Gasteiger partial charge in [-0.25, -0.2) is 15.0 Å². The number of hydrogen-bond donors (Lipinski definition) is 2. The zero-order valence-corrected chi connectivity index (χ0v) is 19.8. The molecule has 2 aromatic heterocycles. The second-order valence-electron chi connectivity index (χ2n) is 9.67. The van der Waals surface area contributed by atoms with Gasteiger partial charge < -0.3 is 19.7 Å². The standard InChI is InChI=1S/C26H23F2N5O3/c1-12-15(11-29-24(30-12)26(2,3)35)13-7-8-16-18(9-13)33-19-10-17(22(33)31-16)32-23(34)14-5-4-6-20(21(14)19)36-25(27)28/h4-9,11,17,19,25,35H,10H2,1-3H3,(H,32,34)/t17-,19?/m1/s1. The summed E-state index contributed by atoms with van der Waals surface area (Å²) in [5.74, 6) is 0.652. The maximum Gasteiger partial charge on any atom is 0.387 e. The van der Waals surface area contributed by atoms with Crippen molar-refractivity contribution in [3.05, 3.63) is 71.1 Å². The summed E-state index contributed by atoms with van der Waals surface area (Å²) in [6, 6.07) is 9.63. The lowest BCUT2D eigenvalue weighted by molar-refractivity contribution is -0.0507. The molecule has 0 saturated heterocycles. The third kappa shape index (κ3) is 3.43. The van der Waals surface area contributed by atoms with Gasteiger partial charge in [-0.3, -0.25) is 4.79 Å². The van der Waals surface area contributed by atoms with E-state index in [1.807, 2.05) is 29.7 Å². The fourth-order valence-corrected chi connectivity index (χ4v) is 5.22. The second kappa shape index (κ2) is 7.79. The Hall–Kier alpha value is -3.92. The number of aromatic nitrogens is 4. The number of alkyl halides is 2. The minimum atomic E-state index is -3.01. The molecule has 4 heterocycles. The van der Waals surface area contributed by atoms with Crippen LogP contribution in [0.4, 0.5) is 8.78 Å². The number of halogens is 2. The topological polar surface area (TPSA) is 102 Å². The van der Waals surface area contributed by atoms with Crippen LogP contribution in [0.15, 0.2) is 42.6 Å². The molecule has 4 aromatic rings. The molecular formula is C26H23F2N5O3. The van der Waals surface area contributed by atoms with Crippen LogP contribution in [0, 0.1) is 6.92 Å². The highest BCUT2D eigenvalue weighted by Crippen LogP contribution is 2.47. The molecule has 1 unspecified atom stereocenters. The summed E-state index contributed by atoms with van der Waals surface area (Å²) in [5, 5.41) is 13.2. The molecule has 6 rings (SSSR count). The Bertz CT molecular complexity index is 1540. The number of nitrogens with zero attached hydrogens (tertiary/aromatic N) is 4. The number of amides is 1. The van der Waals surface area contributed by atoms with Gasteiger partial charge in [-0.1, -0.05) is 12.1 Å². The van der Waals surface area contributed by atoms with E-state index in [9.17, 15) is 18.7 Å². The van der Waals surface area contributed by atoms with Crippen molar-refractivity contribution in [3.63, 3.8) is 0 Å². The van der Waals surface area contributed by atoms with Crippen LogP contribution in [0.5, 0.6) is 5.75 Å². The van der Waals surface area contributed by atoms with Crippen molar-refractivity contribution in [3.8, 4) is 16.9 Å². The van der Waals surface area contributed by atoms with Crippen LogP contribution in [0.2, 0.25) is 0 Å². The average Bonchev–Trinajstić information content (AvgIpc) is 3.30. The maximum absolute atomic E-state index is 13.2. The molecule has 0 fully saturated rings. The van der Waals surface area contributed by atoms with Gasteiger partial charge >= 0.3 is 6.61 Å². The summed E-state index contributed by atoms with van der Waals surface area (Å²) in [5.41, 5.74) is 3.47. The van der Waals surface area contributed by atoms with Crippen LogP contribution < -0.4 is 10.1 Å². The predicted octanol–water partition coefficient (Wildman–Crippen LogP) is 4.41. The van der Waals surface area contributed by atoms with Crippen LogP contribution >= 0.6 is 0 Å². The van der Waals surface area contributed by atoms with Gasteiger partial charge in [0.2, 0.25) is 0 Å². The molecule has 2 aromatic carbocycles.